The number of unbranched alkanes of at least 4 members (excludes halogenated alkanes) is 8. The summed E-state index contributed by atoms with van der Waals surface area (Å²) in [6.07, 6.45) is 16.8. The number of thioether (sulfide) groups is 1. The summed E-state index contributed by atoms with van der Waals surface area (Å²) >= 11 is 1.43. The Kier molecular flexibility index (Phi) is 13.8. The Morgan fingerprint density at radius 3 is 2.17 bits per heavy atom. The highest BCUT2D eigenvalue weighted by molar-refractivity contribution is 7.99. The number of aryl methyl sites for hydroxylation is 1. The lowest BCUT2D eigenvalue weighted by Crippen LogP contribution is -2.08. The van der Waals surface area contributed by atoms with Gasteiger partial charge in [0.05, 0.1) is 12.8 Å². The van der Waals surface area contributed by atoms with Crippen molar-refractivity contribution in [2.24, 2.45) is 0 Å². The van der Waals surface area contributed by atoms with E-state index in [9.17, 15) is 14.7 Å². The van der Waals surface area contributed by atoms with Crippen LogP contribution in [0, 0.1) is 12.3 Å². The molecule has 0 bridgehead atoms. The average molecular weight is 419 g/mol. The van der Waals surface area contributed by atoms with Crippen LogP contribution in [0.2, 0.25) is 0 Å². The maximum atomic E-state index is 11.3. The van der Waals surface area contributed by atoms with Crippen molar-refractivity contribution in [2.45, 2.75) is 82.3 Å². The minimum atomic E-state index is -0.852. The summed E-state index contributed by atoms with van der Waals surface area (Å²) in [5.74, 6) is 1.40. The van der Waals surface area contributed by atoms with Crippen LogP contribution in [0.25, 0.3) is 0 Å². The van der Waals surface area contributed by atoms with Gasteiger partial charge in [-0.15, -0.1) is 12.3 Å². The number of carbonyl (C=O) groups is 2. The maximum absolute atomic E-state index is 11.3. The molecule has 0 radical (unpaired) electrons. The Morgan fingerprint density at radius 1 is 0.931 bits per heavy atom. The zero-order chi connectivity index (χ0) is 21.3. The molecule has 1 atom stereocenters. The molecule has 0 spiro atoms. The summed E-state index contributed by atoms with van der Waals surface area (Å²) in [4.78, 5) is 22.1. The molecule has 160 valence electrons. The minimum Gasteiger partial charge on any atom is -0.481 e. The topological polar surface area (TPSA) is 74.6 Å². The normalized spacial score (nSPS) is 11.7. The van der Waals surface area contributed by atoms with Gasteiger partial charge in [-0.2, -0.15) is 11.8 Å². The molecule has 0 saturated heterocycles. The van der Waals surface area contributed by atoms with Crippen molar-refractivity contribution in [3.63, 3.8) is 0 Å². The van der Waals surface area contributed by atoms with Crippen molar-refractivity contribution in [2.75, 3.05) is 5.75 Å². The molecule has 0 aliphatic carbocycles. The van der Waals surface area contributed by atoms with Gasteiger partial charge < -0.3 is 10.2 Å². The van der Waals surface area contributed by atoms with E-state index in [0.29, 0.717) is 5.75 Å². The van der Waals surface area contributed by atoms with Crippen LogP contribution in [0.3, 0.4) is 0 Å². The third-order valence-electron chi connectivity index (χ3n) is 4.91. The highest BCUT2D eigenvalue weighted by atomic mass is 32.2. The van der Waals surface area contributed by atoms with Crippen molar-refractivity contribution < 1.29 is 19.8 Å². The summed E-state index contributed by atoms with van der Waals surface area (Å²) in [5.41, 5.74) is 2.23. The highest BCUT2D eigenvalue weighted by Crippen LogP contribution is 2.35. The van der Waals surface area contributed by atoms with Crippen LogP contribution in [0.5, 0.6) is 0 Å². The number of hydrogen-bond donors (Lipinski definition) is 2. The van der Waals surface area contributed by atoms with Gasteiger partial charge in [-0.05, 0) is 30.4 Å². The van der Waals surface area contributed by atoms with E-state index in [1.54, 1.807) is 0 Å². The number of carboxylic acid groups (broad SMARTS) is 2. The zero-order valence-electron chi connectivity index (χ0n) is 17.3. The molecule has 1 aromatic rings. The van der Waals surface area contributed by atoms with E-state index in [4.69, 9.17) is 11.5 Å². The lowest BCUT2D eigenvalue weighted by molar-refractivity contribution is -0.137. The van der Waals surface area contributed by atoms with Gasteiger partial charge in [-0.25, -0.2) is 0 Å². The molecule has 1 rings (SSSR count). The second kappa shape index (κ2) is 15.9. The van der Waals surface area contributed by atoms with Crippen LogP contribution in [-0.2, 0) is 16.0 Å². The number of benzene rings is 1. The van der Waals surface area contributed by atoms with E-state index >= 15 is 0 Å². The molecule has 0 heterocycles. The first-order valence-electron chi connectivity index (χ1n) is 10.6. The van der Waals surface area contributed by atoms with E-state index in [1.165, 1.54) is 55.9 Å². The molecule has 0 aliphatic rings. The van der Waals surface area contributed by atoms with Crippen LogP contribution < -0.4 is 0 Å². The van der Waals surface area contributed by atoms with Crippen molar-refractivity contribution in [3.8, 4) is 12.3 Å². The number of carboxylic acids is 2. The van der Waals surface area contributed by atoms with Crippen LogP contribution in [0.15, 0.2) is 24.3 Å². The van der Waals surface area contributed by atoms with E-state index < -0.39 is 11.9 Å². The summed E-state index contributed by atoms with van der Waals surface area (Å²) in [7, 11) is 0. The molecular weight excluding hydrogens is 384 g/mol. The molecule has 5 heteroatoms. The lowest BCUT2D eigenvalue weighted by atomic mass is 9.97. The summed E-state index contributed by atoms with van der Waals surface area (Å²) in [5, 5.41) is 17.9. The monoisotopic (exact) mass is 418 g/mol. The molecule has 1 unspecified atom stereocenters. The summed E-state index contributed by atoms with van der Waals surface area (Å²) < 4.78 is 0. The van der Waals surface area contributed by atoms with Gasteiger partial charge >= 0.3 is 11.9 Å². The van der Waals surface area contributed by atoms with E-state index in [1.807, 2.05) is 18.2 Å². The van der Waals surface area contributed by atoms with Crippen molar-refractivity contribution in [1.82, 2.24) is 0 Å². The number of terminal acetylenes is 1. The van der Waals surface area contributed by atoms with E-state index in [2.05, 4.69) is 12.0 Å². The smallest absolute Gasteiger partial charge is 0.304 e. The predicted octanol–water partition coefficient (Wildman–Crippen LogP) is 6.10. The van der Waals surface area contributed by atoms with E-state index in [0.717, 1.165) is 31.2 Å². The largest absolute Gasteiger partial charge is 0.481 e. The third kappa shape index (κ3) is 12.3. The highest BCUT2D eigenvalue weighted by Gasteiger charge is 2.19. The second-order valence-corrected chi connectivity index (χ2v) is 8.64. The van der Waals surface area contributed by atoms with Crippen molar-refractivity contribution >= 4 is 23.7 Å². The fraction of sp³-hybridized carbons (Fsp3) is 0.583. The van der Waals surface area contributed by atoms with Gasteiger partial charge in [0.15, 0.2) is 0 Å². The average Bonchev–Trinajstić information content (AvgIpc) is 2.68. The molecule has 29 heavy (non-hydrogen) atoms. The molecular formula is C24H34O4S. The van der Waals surface area contributed by atoms with Crippen LogP contribution >= 0.6 is 11.8 Å². The Labute approximate surface area is 179 Å². The fourth-order valence-corrected chi connectivity index (χ4v) is 4.63. The Morgan fingerprint density at radius 2 is 1.55 bits per heavy atom. The summed E-state index contributed by atoms with van der Waals surface area (Å²) in [6.45, 7) is 0. The molecule has 0 amide bonds. The summed E-state index contributed by atoms with van der Waals surface area (Å²) in [6, 6.07) is 8.00. The third-order valence-corrected chi connectivity index (χ3v) is 6.18. The molecule has 1 aromatic carbocycles. The molecule has 0 aromatic heterocycles. The quantitative estimate of drug-likeness (QED) is 0.236. The number of hydrogen-bond acceptors (Lipinski definition) is 3. The first-order chi connectivity index (χ1) is 14.0. The van der Waals surface area contributed by atoms with Gasteiger partial charge in [0, 0.05) is 17.4 Å². The van der Waals surface area contributed by atoms with Crippen molar-refractivity contribution in [1.29, 1.82) is 0 Å². The van der Waals surface area contributed by atoms with Gasteiger partial charge in [-0.3, -0.25) is 9.59 Å². The van der Waals surface area contributed by atoms with Crippen molar-refractivity contribution in [3.05, 3.63) is 35.4 Å². The van der Waals surface area contributed by atoms with Gasteiger partial charge in [0.1, 0.15) is 0 Å². The number of rotatable bonds is 17. The lowest BCUT2D eigenvalue weighted by Gasteiger charge is -2.18. The first-order valence-corrected chi connectivity index (χ1v) is 11.7. The SMILES string of the molecule is C#CCCCCCCCCCCc1ccccc1C(CC(=O)O)SCCC(=O)O. The molecule has 0 saturated carbocycles. The van der Waals surface area contributed by atoms with Gasteiger partial charge in [-0.1, -0.05) is 62.8 Å². The van der Waals surface area contributed by atoms with Gasteiger partial charge in [0.25, 0.3) is 0 Å². The standard InChI is InChI=1S/C24H34O4S/c1-2-3-4-5-6-7-8-9-10-11-14-20-15-12-13-16-21(20)22(19-24(27)28)29-18-17-23(25)26/h1,12-13,15-16,22H,3-11,14,17-19H2,(H,25,26)(H,27,28). The Balaban J connectivity index is 2.44. The van der Waals surface area contributed by atoms with Crippen LogP contribution in [-0.4, -0.2) is 27.9 Å². The fourth-order valence-electron chi connectivity index (χ4n) is 3.38. The molecule has 2 N–H and O–H groups in total. The van der Waals surface area contributed by atoms with Crippen LogP contribution in [0.1, 0.15) is 87.0 Å². The minimum absolute atomic E-state index is 0.0149. The Hall–Kier alpha value is -1.93. The Bertz CT molecular complexity index is 651. The predicted molar refractivity (Wildman–Crippen MR) is 120 cm³/mol. The molecule has 0 fully saturated rings. The zero-order valence-corrected chi connectivity index (χ0v) is 18.1. The second-order valence-electron chi connectivity index (χ2n) is 7.33. The molecule has 0 aliphatic heterocycles. The first kappa shape index (κ1) is 25.1. The number of aliphatic carboxylic acids is 2. The van der Waals surface area contributed by atoms with E-state index in [-0.39, 0.29) is 18.1 Å². The maximum Gasteiger partial charge on any atom is 0.304 e. The molecule has 4 nitrogen and oxygen atoms in total. The van der Waals surface area contributed by atoms with Gasteiger partial charge in [0.2, 0.25) is 0 Å². The van der Waals surface area contributed by atoms with Crippen LogP contribution in [0.4, 0.5) is 0 Å².